The minimum atomic E-state index is 0.964. The SMILES string of the molecule is [C-]1=CC=CC1.[Zr+2]=[C]1CCCCCC1.[c-]1c(-c2ccccc2)ccc2c1Cc1cc(-c3ccccc3)ccc1-2. The van der Waals surface area contributed by atoms with Crippen molar-refractivity contribution in [2.45, 2.75) is 51.4 Å². The Labute approximate surface area is 243 Å². The summed E-state index contributed by atoms with van der Waals surface area (Å²) in [6, 6.07) is 36.0. The maximum atomic E-state index is 3.65. The molecular weight excluding hydrogens is 536 g/mol. The summed E-state index contributed by atoms with van der Waals surface area (Å²) >= 11 is 1.69. The molecule has 4 aromatic carbocycles. The minimum absolute atomic E-state index is 0.964. The van der Waals surface area contributed by atoms with Crippen LogP contribution in [-0.4, -0.2) is 3.21 Å². The molecule has 38 heavy (non-hydrogen) atoms. The average Bonchev–Trinajstić information content (AvgIpc) is 3.62. The van der Waals surface area contributed by atoms with Gasteiger partial charge in [-0.1, -0.05) is 95.6 Å². The van der Waals surface area contributed by atoms with Gasteiger partial charge in [0.05, 0.1) is 0 Å². The van der Waals surface area contributed by atoms with E-state index in [1.54, 1.807) is 24.2 Å². The number of hydrogen-bond donors (Lipinski definition) is 0. The molecule has 0 atom stereocenters. The van der Waals surface area contributed by atoms with Crippen molar-refractivity contribution in [2.24, 2.45) is 0 Å². The second kappa shape index (κ2) is 13.8. The maximum absolute atomic E-state index is 3.65. The third kappa shape index (κ3) is 7.15. The van der Waals surface area contributed by atoms with E-state index >= 15 is 0 Å². The van der Waals surface area contributed by atoms with Gasteiger partial charge in [0.15, 0.2) is 0 Å². The zero-order chi connectivity index (χ0) is 26.0. The Hall–Kier alpha value is -2.89. The normalized spacial score (nSPS) is 14.9. The first kappa shape index (κ1) is 26.7. The summed E-state index contributed by atoms with van der Waals surface area (Å²) in [5.74, 6) is 0. The van der Waals surface area contributed by atoms with Crippen LogP contribution in [0.4, 0.5) is 0 Å². The van der Waals surface area contributed by atoms with Gasteiger partial charge in [-0.15, -0.1) is 35.7 Å². The van der Waals surface area contributed by atoms with Gasteiger partial charge in [0.25, 0.3) is 0 Å². The van der Waals surface area contributed by atoms with Crippen LogP contribution in [0.5, 0.6) is 0 Å². The van der Waals surface area contributed by atoms with Crippen LogP contribution in [0.1, 0.15) is 56.1 Å². The Kier molecular flexibility index (Phi) is 9.68. The average molecular weight is 570 g/mol. The van der Waals surface area contributed by atoms with Crippen LogP contribution in [-0.2, 0) is 30.7 Å². The van der Waals surface area contributed by atoms with E-state index in [1.807, 2.05) is 15.4 Å². The Bertz CT molecular complexity index is 1300. The molecule has 0 amide bonds. The molecule has 1 heteroatoms. The maximum Gasteiger partial charge on any atom is -0.0181 e. The molecule has 0 heterocycles. The molecule has 0 saturated heterocycles. The van der Waals surface area contributed by atoms with Crippen molar-refractivity contribution < 1.29 is 24.2 Å². The van der Waals surface area contributed by atoms with E-state index in [0.29, 0.717) is 0 Å². The van der Waals surface area contributed by atoms with Gasteiger partial charge in [0.1, 0.15) is 0 Å². The smallest absolute Gasteiger partial charge is 0.0181 e. The molecule has 186 valence electrons. The Morgan fingerprint density at radius 1 is 0.632 bits per heavy atom. The van der Waals surface area contributed by atoms with E-state index in [4.69, 9.17) is 0 Å². The van der Waals surface area contributed by atoms with Crippen LogP contribution in [0.25, 0.3) is 33.4 Å². The fraction of sp³-hybridized carbons (Fsp3) is 0.216. The van der Waals surface area contributed by atoms with E-state index < -0.39 is 0 Å². The molecule has 0 spiro atoms. The van der Waals surface area contributed by atoms with Crippen LogP contribution in [0, 0.1) is 12.1 Å². The summed E-state index contributed by atoms with van der Waals surface area (Å²) < 4.78 is 1.81. The number of fused-ring (bicyclic) bond motifs is 3. The molecule has 1 saturated carbocycles. The van der Waals surface area contributed by atoms with Crippen LogP contribution in [0.15, 0.2) is 109 Å². The molecule has 1 fully saturated rings. The molecule has 0 aliphatic heterocycles. The first-order valence-corrected chi connectivity index (χ1v) is 15.1. The van der Waals surface area contributed by atoms with Crippen LogP contribution in [0.3, 0.4) is 0 Å². The molecule has 3 aliphatic rings. The van der Waals surface area contributed by atoms with Gasteiger partial charge >= 0.3 is 66.0 Å². The van der Waals surface area contributed by atoms with Gasteiger partial charge in [-0.2, -0.15) is 6.08 Å². The quantitative estimate of drug-likeness (QED) is 0.147. The van der Waals surface area contributed by atoms with Crippen molar-refractivity contribution in [1.82, 2.24) is 0 Å². The summed E-state index contributed by atoms with van der Waals surface area (Å²) in [4.78, 5) is 0. The van der Waals surface area contributed by atoms with Crippen molar-refractivity contribution in [3.8, 4) is 33.4 Å². The van der Waals surface area contributed by atoms with Gasteiger partial charge in [-0.05, 0) is 23.1 Å². The van der Waals surface area contributed by atoms with Crippen molar-refractivity contribution in [1.29, 1.82) is 0 Å². The number of rotatable bonds is 2. The molecule has 0 radical (unpaired) electrons. The van der Waals surface area contributed by atoms with Crippen molar-refractivity contribution >= 4 is 3.21 Å². The monoisotopic (exact) mass is 568 g/mol. The number of allylic oxidation sites excluding steroid dienone is 4. The van der Waals surface area contributed by atoms with E-state index in [0.717, 1.165) is 12.8 Å². The minimum Gasteiger partial charge on any atom is -0.143 e. The molecule has 3 aliphatic carbocycles. The summed E-state index contributed by atoms with van der Waals surface area (Å²) in [7, 11) is 0. The second-order valence-electron chi connectivity index (χ2n) is 10.1. The molecule has 0 unspecified atom stereocenters. The predicted octanol–water partition coefficient (Wildman–Crippen LogP) is 9.76. The molecule has 4 aromatic rings. The Morgan fingerprint density at radius 2 is 1.32 bits per heavy atom. The summed E-state index contributed by atoms with van der Waals surface area (Å²) in [5.41, 5.74) is 10.4. The van der Waals surface area contributed by atoms with Crippen molar-refractivity contribution in [3.63, 3.8) is 0 Å². The second-order valence-corrected chi connectivity index (χ2v) is 11.8. The van der Waals surface area contributed by atoms with Crippen LogP contribution >= 0.6 is 0 Å². The molecular formula is C37H34Zr. The zero-order valence-corrected chi connectivity index (χ0v) is 24.5. The van der Waals surface area contributed by atoms with Gasteiger partial charge in [-0.3, -0.25) is 6.08 Å². The van der Waals surface area contributed by atoms with E-state index in [-0.39, 0.29) is 0 Å². The fourth-order valence-electron chi connectivity index (χ4n) is 5.22. The largest absolute Gasteiger partial charge is 0.143 e. The van der Waals surface area contributed by atoms with Gasteiger partial charge in [0, 0.05) is 0 Å². The van der Waals surface area contributed by atoms with Crippen molar-refractivity contribution in [2.75, 3.05) is 0 Å². The molecule has 0 N–H and O–H groups in total. The van der Waals surface area contributed by atoms with Gasteiger partial charge < -0.3 is 0 Å². The van der Waals surface area contributed by atoms with Gasteiger partial charge in [0.2, 0.25) is 0 Å². The zero-order valence-electron chi connectivity index (χ0n) is 22.0. The first-order valence-electron chi connectivity index (χ1n) is 13.9. The number of hydrogen-bond acceptors (Lipinski definition) is 0. The van der Waals surface area contributed by atoms with Crippen LogP contribution < -0.4 is 0 Å². The molecule has 0 aromatic heterocycles. The van der Waals surface area contributed by atoms with Gasteiger partial charge in [-0.25, -0.2) is 12.2 Å². The summed E-state index contributed by atoms with van der Waals surface area (Å²) in [6.07, 6.45) is 19.8. The first-order chi connectivity index (χ1) is 18.8. The Balaban J connectivity index is 0.000000185. The summed E-state index contributed by atoms with van der Waals surface area (Å²) in [5, 5.41) is 0. The molecule has 0 bridgehead atoms. The summed E-state index contributed by atoms with van der Waals surface area (Å²) in [6.45, 7) is 0. The third-order valence-corrected chi connectivity index (χ3v) is 8.50. The third-order valence-electron chi connectivity index (χ3n) is 7.27. The predicted molar refractivity (Wildman–Crippen MR) is 159 cm³/mol. The standard InChI is InChI=1S/C25H17.C7H12.C5H5.Zr/c1-3-7-18(8-4-1)20-11-13-24-22(15-20)17-23-16-21(12-14-25(23)24)19-9-5-2-6-10-19;1-2-4-6-7-5-3-1;1-2-4-5-3-1;/h1-15H,17H2;1-6H2;1-3H,4H2;/q-1;;-1;+2. The van der Waals surface area contributed by atoms with E-state index in [2.05, 4.69) is 109 Å². The topological polar surface area (TPSA) is 0 Å². The van der Waals surface area contributed by atoms with E-state index in [9.17, 15) is 0 Å². The molecule has 7 rings (SSSR count). The Morgan fingerprint density at radius 3 is 1.95 bits per heavy atom. The van der Waals surface area contributed by atoms with Crippen LogP contribution in [0.2, 0.25) is 0 Å². The van der Waals surface area contributed by atoms with E-state index in [1.165, 1.54) is 83.0 Å². The molecule has 0 nitrogen and oxygen atoms in total. The fourth-order valence-corrected chi connectivity index (χ4v) is 6.08. The van der Waals surface area contributed by atoms with Crippen molar-refractivity contribution in [3.05, 3.63) is 132 Å². The number of benzene rings is 4.